The van der Waals surface area contributed by atoms with Gasteiger partial charge in [-0.15, -0.1) is 0 Å². The lowest BCUT2D eigenvalue weighted by Crippen LogP contribution is -1.93. The summed E-state index contributed by atoms with van der Waals surface area (Å²) in [7, 11) is 1.65. The second-order valence-corrected chi connectivity index (χ2v) is 9.77. The summed E-state index contributed by atoms with van der Waals surface area (Å²) < 4.78 is 16.1. The van der Waals surface area contributed by atoms with Gasteiger partial charge >= 0.3 is 0 Å². The van der Waals surface area contributed by atoms with Gasteiger partial charge in [0.2, 0.25) is 0 Å². The number of hydrogen-bond acceptors (Lipinski definition) is 6. The molecule has 0 radical (unpaired) electrons. The molecule has 0 saturated heterocycles. The first kappa shape index (κ1) is 24.8. The number of aromatic nitrogens is 2. The van der Waals surface area contributed by atoms with Crippen LogP contribution < -0.4 is 0 Å². The highest BCUT2D eigenvalue weighted by atomic mass is 16.5. The van der Waals surface area contributed by atoms with E-state index in [9.17, 15) is 4.79 Å². The molecule has 2 fully saturated rings. The first-order valence-corrected chi connectivity index (χ1v) is 12.8. The number of ether oxygens (including phenoxy) is 1. The zero-order valence-corrected chi connectivity index (χ0v) is 21.6. The Morgan fingerprint density at radius 1 is 0.838 bits per heavy atom. The molecule has 2 saturated carbocycles. The van der Waals surface area contributed by atoms with Crippen molar-refractivity contribution in [2.75, 3.05) is 7.11 Å². The lowest BCUT2D eigenvalue weighted by Gasteiger charge is -2.03. The van der Waals surface area contributed by atoms with Crippen LogP contribution in [-0.2, 0) is 16.0 Å². The third-order valence-electron chi connectivity index (χ3n) is 6.93. The van der Waals surface area contributed by atoms with Gasteiger partial charge in [-0.1, -0.05) is 58.8 Å². The molecular weight excluding hydrogens is 464 g/mol. The molecule has 0 unspecified atom stereocenters. The van der Waals surface area contributed by atoms with E-state index in [1.165, 1.54) is 18.4 Å². The van der Waals surface area contributed by atoms with Crippen LogP contribution in [0.1, 0.15) is 71.3 Å². The second kappa shape index (κ2) is 11.0. The molecule has 37 heavy (non-hydrogen) atoms. The second-order valence-electron chi connectivity index (χ2n) is 9.77. The molecule has 0 N–H and O–H groups in total. The monoisotopic (exact) mass is 496 g/mol. The van der Waals surface area contributed by atoms with Crippen molar-refractivity contribution in [1.82, 2.24) is 10.3 Å². The third kappa shape index (κ3) is 5.43. The molecule has 2 aliphatic carbocycles. The van der Waals surface area contributed by atoms with Crippen LogP contribution >= 0.6 is 0 Å². The Balaban J connectivity index is 0.000000152. The standard InChI is InChI=1S/C16H17NO2.C15H15NO2/c1-11-5-3-4-6-13(11)15-14(9-10-18-2)16(19-17-15)12-7-8-12;1-10-4-2-3-5-12(10)14-13(8-9-17)15(18-16-14)11-6-7-11/h3-6,9-10,12H,7-8H2,1-2H3;2-5,9,11H,6-8H2,1H3/b10-9+;. The molecule has 0 amide bonds. The zero-order valence-electron chi connectivity index (χ0n) is 21.6. The minimum absolute atomic E-state index is 0.388. The van der Waals surface area contributed by atoms with Crippen LogP contribution in [0.4, 0.5) is 0 Å². The van der Waals surface area contributed by atoms with Crippen molar-refractivity contribution < 1.29 is 18.6 Å². The summed E-state index contributed by atoms with van der Waals surface area (Å²) >= 11 is 0. The Labute approximate surface area is 217 Å². The van der Waals surface area contributed by atoms with Crippen molar-refractivity contribution in [3.63, 3.8) is 0 Å². The smallest absolute Gasteiger partial charge is 0.147 e. The van der Waals surface area contributed by atoms with E-state index in [1.807, 2.05) is 49.4 Å². The van der Waals surface area contributed by atoms with Crippen LogP contribution in [-0.4, -0.2) is 23.7 Å². The van der Waals surface area contributed by atoms with E-state index < -0.39 is 0 Å². The van der Waals surface area contributed by atoms with E-state index in [0.29, 0.717) is 18.3 Å². The quantitative estimate of drug-likeness (QED) is 0.187. The maximum absolute atomic E-state index is 10.9. The van der Waals surface area contributed by atoms with Crippen LogP contribution in [0, 0.1) is 13.8 Å². The number of aryl methyl sites for hydroxylation is 2. The van der Waals surface area contributed by atoms with Crippen molar-refractivity contribution in [3.05, 3.63) is 88.6 Å². The van der Waals surface area contributed by atoms with E-state index in [1.54, 1.807) is 13.4 Å². The van der Waals surface area contributed by atoms with Crippen LogP contribution in [0.25, 0.3) is 28.6 Å². The lowest BCUT2D eigenvalue weighted by molar-refractivity contribution is -0.107. The number of benzene rings is 2. The highest BCUT2D eigenvalue weighted by molar-refractivity contribution is 5.75. The topological polar surface area (TPSA) is 78.4 Å². The molecular formula is C31H32N2O4. The first-order valence-electron chi connectivity index (χ1n) is 12.8. The fraction of sp³-hybridized carbons (Fsp3) is 0.323. The van der Waals surface area contributed by atoms with Gasteiger partial charge in [-0.05, 0) is 56.7 Å². The predicted molar refractivity (Wildman–Crippen MR) is 143 cm³/mol. The zero-order chi connectivity index (χ0) is 25.8. The Morgan fingerprint density at radius 3 is 1.95 bits per heavy atom. The van der Waals surface area contributed by atoms with Gasteiger partial charge in [-0.3, -0.25) is 0 Å². The largest absolute Gasteiger partial charge is 0.504 e. The van der Waals surface area contributed by atoms with E-state index in [0.717, 1.165) is 69.9 Å². The first-order chi connectivity index (χ1) is 18.1. The number of hydrogen-bond donors (Lipinski definition) is 0. The number of carbonyl (C=O) groups excluding carboxylic acids is 1. The summed E-state index contributed by atoms with van der Waals surface area (Å²) in [6.45, 7) is 4.14. The molecule has 0 aliphatic heterocycles. The van der Waals surface area contributed by atoms with Gasteiger partial charge in [0, 0.05) is 40.5 Å². The van der Waals surface area contributed by atoms with Gasteiger partial charge in [0.15, 0.2) is 0 Å². The van der Waals surface area contributed by atoms with Gasteiger partial charge in [0.05, 0.1) is 13.4 Å². The molecule has 190 valence electrons. The van der Waals surface area contributed by atoms with Crippen LogP contribution in [0.5, 0.6) is 0 Å². The Bertz CT molecular complexity index is 1410. The summed E-state index contributed by atoms with van der Waals surface area (Å²) in [4.78, 5) is 10.9. The molecule has 2 aromatic carbocycles. The van der Waals surface area contributed by atoms with E-state index in [-0.39, 0.29) is 0 Å². The summed E-state index contributed by atoms with van der Waals surface area (Å²) in [5, 5.41) is 8.47. The average molecular weight is 497 g/mol. The van der Waals surface area contributed by atoms with Gasteiger partial charge in [0.1, 0.15) is 29.2 Å². The van der Waals surface area contributed by atoms with Gasteiger partial charge in [0.25, 0.3) is 0 Å². The number of carbonyl (C=O) groups is 1. The number of methoxy groups -OCH3 is 1. The van der Waals surface area contributed by atoms with E-state index in [4.69, 9.17) is 13.8 Å². The van der Waals surface area contributed by atoms with Crippen molar-refractivity contribution in [2.45, 2.75) is 57.8 Å². The van der Waals surface area contributed by atoms with E-state index in [2.05, 4.69) is 29.4 Å². The van der Waals surface area contributed by atoms with Crippen LogP contribution in [0.3, 0.4) is 0 Å². The Kier molecular flexibility index (Phi) is 7.35. The molecule has 6 nitrogen and oxygen atoms in total. The molecule has 2 aliphatic rings. The van der Waals surface area contributed by atoms with Crippen LogP contribution in [0.15, 0.2) is 63.8 Å². The fourth-order valence-corrected chi connectivity index (χ4v) is 4.60. The third-order valence-corrected chi connectivity index (χ3v) is 6.93. The summed E-state index contributed by atoms with van der Waals surface area (Å²) in [5.74, 6) is 2.92. The van der Waals surface area contributed by atoms with Crippen molar-refractivity contribution >= 4 is 12.4 Å². The number of aldehydes is 1. The molecule has 2 heterocycles. The normalized spacial score (nSPS) is 14.9. The van der Waals surface area contributed by atoms with Gasteiger partial charge < -0.3 is 18.6 Å². The minimum Gasteiger partial charge on any atom is -0.504 e. The molecule has 0 atom stereocenters. The predicted octanol–water partition coefficient (Wildman–Crippen LogP) is 7.41. The number of nitrogens with zero attached hydrogens (tertiary/aromatic N) is 2. The highest BCUT2D eigenvalue weighted by Crippen LogP contribution is 2.45. The van der Waals surface area contributed by atoms with Crippen molar-refractivity contribution in [3.8, 4) is 22.5 Å². The average Bonchev–Trinajstić information content (AvgIpc) is 3.85. The molecule has 4 aromatic rings. The van der Waals surface area contributed by atoms with Crippen molar-refractivity contribution in [1.29, 1.82) is 0 Å². The lowest BCUT2D eigenvalue weighted by atomic mass is 9.99. The molecule has 0 spiro atoms. The summed E-state index contributed by atoms with van der Waals surface area (Å²) in [5.41, 5.74) is 8.31. The minimum atomic E-state index is 0.388. The number of rotatable bonds is 8. The highest BCUT2D eigenvalue weighted by Gasteiger charge is 2.33. The van der Waals surface area contributed by atoms with E-state index >= 15 is 0 Å². The Morgan fingerprint density at radius 2 is 1.38 bits per heavy atom. The van der Waals surface area contributed by atoms with Gasteiger partial charge in [-0.2, -0.15) is 0 Å². The molecule has 6 heteroatoms. The molecule has 0 bridgehead atoms. The Hall–Kier alpha value is -3.93. The maximum Gasteiger partial charge on any atom is 0.147 e. The fourth-order valence-electron chi connectivity index (χ4n) is 4.60. The summed E-state index contributed by atoms with van der Waals surface area (Å²) in [6.07, 6.45) is 9.63. The van der Waals surface area contributed by atoms with Crippen molar-refractivity contribution in [2.24, 2.45) is 0 Å². The SMILES string of the molecule is CO/C=C/c1c(-c2ccccc2C)noc1C1CC1.Cc1ccccc1-c1noc(C2CC2)c1CC=O. The molecule has 6 rings (SSSR count). The maximum atomic E-state index is 10.9. The van der Waals surface area contributed by atoms with Crippen LogP contribution in [0.2, 0.25) is 0 Å². The van der Waals surface area contributed by atoms with Gasteiger partial charge in [-0.25, -0.2) is 0 Å². The summed E-state index contributed by atoms with van der Waals surface area (Å²) in [6, 6.07) is 16.3. The molecule has 2 aromatic heterocycles.